The molecule has 0 aliphatic rings. The average Bonchev–Trinajstić information content (AvgIpc) is 2.18. The van der Waals surface area contributed by atoms with Gasteiger partial charge in [-0.15, -0.1) is 0 Å². The molecule has 14 heavy (non-hydrogen) atoms. The summed E-state index contributed by atoms with van der Waals surface area (Å²) in [6.45, 7) is 1.29. The van der Waals surface area contributed by atoms with E-state index in [-0.39, 0.29) is 6.54 Å². The molecule has 0 saturated heterocycles. The predicted molar refractivity (Wildman–Crippen MR) is 49.8 cm³/mol. The summed E-state index contributed by atoms with van der Waals surface area (Å²) in [6.07, 6.45) is -0.643. The SMILES string of the molecule is COC(CNS(=O)(=O)C(C)C#N)OC. The lowest BCUT2D eigenvalue weighted by atomic mass is 10.5. The van der Waals surface area contributed by atoms with E-state index in [9.17, 15) is 8.42 Å². The molecule has 0 aromatic rings. The van der Waals surface area contributed by atoms with E-state index in [0.717, 1.165) is 0 Å². The van der Waals surface area contributed by atoms with Crippen LogP contribution in [0.1, 0.15) is 6.92 Å². The number of methoxy groups -OCH3 is 2. The van der Waals surface area contributed by atoms with Gasteiger partial charge in [-0.05, 0) is 6.92 Å². The van der Waals surface area contributed by atoms with Crippen LogP contribution >= 0.6 is 0 Å². The summed E-state index contributed by atoms with van der Waals surface area (Å²) in [6, 6.07) is 1.63. The molecule has 7 heteroatoms. The summed E-state index contributed by atoms with van der Waals surface area (Å²) in [5.41, 5.74) is 0. The van der Waals surface area contributed by atoms with Gasteiger partial charge in [-0.2, -0.15) is 5.26 Å². The van der Waals surface area contributed by atoms with Gasteiger partial charge in [0.05, 0.1) is 12.6 Å². The number of rotatable bonds is 6. The minimum Gasteiger partial charge on any atom is -0.355 e. The predicted octanol–water partition coefficient (Wildman–Crippen LogP) is -0.563. The zero-order valence-corrected chi connectivity index (χ0v) is 9.17. The first-order valence-electron chi connectivity index (χ1n) is 3.91. The Morgan fingerprint density at radius 3 is 2.29 bits per heavy atom. The number of nitriles is 1. The zero-order valence-electron chi connectivity index (χ0n) is 8.35. The molecule has 0 fully saturated rings. The minimum absolute atomic E-state index is 0.0125. The quantitative estimate of drug-likeness (QED) is 0.608. The number of nitrogens with one attached hydrogen (secondary N) is 1. The first-order valence-corrected chi connectivity index (χ1v) is 5.46. The summed E-state index contributed by atoms with van der Waals surface area (Å²) in [7, 11) is -0.799. The lowest BCUT2D eigenvalue weighted by Crippen LogP contribution is -2.38. The monoisotopic (exact) mass is 222 g/mol. The molecule has 0 heterocycles. The number of ether oxygens (including phenoxy) is 2. The highest BCUT2D eigenvalue weighted by molar-refractivity contribution is 7.90. The van der Waals surface area contributed by atoms with Crippen molar-refractivity contribution in [1.29, 1.82) is 5.26 Å². The maximum Gasteiger partial charge on any atom is 0.227 e. The minimum atomic E-state index is -3.60. The Balaban J connectivity index is 4.20. The molecule has 0 aromatic heterocycles. The second-order valence-electron chi connectivity index (χ2n) is 2.57. The van der Waals surface area contributed by atoms with Gasteiger partial charge in [-0.3, -0.25) is 0 Å². The molecule has 1 N–H and O–H groups in total. The van der Waals surface area contributed by atoms with E-state index in [2.05, 4.69) is 4.72 Å². The van der Waals surface area contributed by atoms with Crippen molar-refractivity contribution >= 4 is 10.0 Å². The largest absolute Gasteiger partial charge is 0.355 e. The van der Waals surface area contributed by atoms with E-state index in [1.807, 2.05) is 0 Å². The first kappa shape index (κ1) is 13.3. The Labute approximate surface area is 83.9 Å². The molecule has 0 saturated carbocycles. The van der Waals surface area contributed by atoms with E-state index in [4.69, 9.17) is 14.7 Å². The fourth-order valence-corrected chi connectivity index (χ4v) is 1.40. The Hall–Kier alpha value is -0.680. The van der Waals surface area contributed by atoms with Crippen molar-refractivity contribution in [3.8, 4) is 6.07 Å². The molecule has 0 radical (unpaired) electrons. The van der Waals surface area contributed by atoms with Crippen LogP contribution in [0.4, 0.5) is 0 Å². The fraction of sp³-hybridized carbons (Fsp3) is 0.857. The number of hydrogen-bond acceptors (Lipinski definition) is 5. The lowest BCUT2D eigenvalue weighted by molar-refractivity contribution is -0.0960. The van der Waals surface area contributed by atoms with E-state index in [1.54, 1.807) is 6.07 Å². The molecule has 0 aliphatic carbocycles. The van der Waals surface area contributed by atoms with E-state index in [1.165, 1.54) is 21.1 Å². The summed E-state index contributed by atoms with van der Waals surface area (Å²) in [5.74, 6) is 0. The molecule has 6 nitrogen and oxygen atoms in total. The van der Waals surface area contributed by atoms with Gasteiger partial charge in [-0.25, -0.2) is 13.1 Å². The summed E-state index contributed by atoms with van der Waals surface area (Å²) >= 11 is 0. The van der Waals surface area contributed by atoms with Crippen LogP contribution in [0.5, 0.6) is 0 Å². The Morgan fingerprint density at radius 2 is 1.93 bits per heavy atom. The highest BCUT2D eigenvalue weighted by Crippen LogP contribution is 1.97. The highest BCUT2D eigenvalue weighted by Gasteiger charge is 2.20. The third-order valence-corrected chi connectivity index (χ3v) is 3.23. The molecule has 82 valence electrons. The molecular formula is C7H14N2O4S. The van der Waals surface area contributed by atoms with Gasteiger partial charge in [0, 0.05) is 14.2 Å². The van der Waals surface area contributed by atoms with Crippen LogP contribution in [-0.4, -0.2) is 40.7 Å². The van der Waals surface area contributed by atoms with Gasteiger partial charge in [0.25, 0.3) is 0 Å². The molecule has 0 rings (SSSR count). The van der Waals surface area contributed by atoms with E-state index < -0.39 is 21.6 Å². The standard InChI is InChI=1S/C7H14N2O4S/c1-6(4-8)14(10,11)9-5-7(12-2)13-3/h6-7,9H,5H2,1-3H3. The van der Waals surface area contributed by atoms with Gasteiger partial charge in [0.15, 0.2) is 11.5 Å². The fourth-order valence-electron chi connectivity index (χ4n) is 0.641. The van der Waals surface area contributed by atoms with Crippen molar-refractivity contribution in [3.63, 3.8) is 0 Å². The van der Waals surface area contributed by atoms with E-state index in [0.29, 0.717) is 0 Å². The Kier molecular flexibility index (Phi) is 5.64. The average molecular weight is 222 g/mol. The van der Waals surface area contributed by atoms with Crippen LogP contribution < -0.4 is 4.72 Å². The third kappa shape index (κ3) is 4.02. The van der Waals surface area contributed by atoms with Crippen molar-refractivity contribution in [2.75, 3.05) is 20.8 Å². The van der Waals surface area contributed by atoms with Crippen LogP contribution in [0, 0.1) is 11.3 Å². The van der Waals surface area contributed by atoms with Crippen molar-refractivity contribution in [2.45, 2.75) is 18.5 Å². The smallest absolute Gasteiger partial charge is 0.227 e. The topological polar surface area (TPSA) is 88.4 Å². The zero-order chi connectivity index (χ0) is 11.2. The number of nitrogens with zero attached hydrogens (tertiary/aromatic N) is 1. The van der Waals surface area contributed by atoms with Crippen molar-refractivity contribution < 1.29 is 17.9 Å². The normalized spacial score (nSPS) is 13.9. The molecule has 1 atom stereocenters. The maximum absolute atomic E-state index is 11.3. The maximum atomic E-state index is 11.3. The Morgan fingerprint density at radius 1 is 1.43 bits per heavy atom. The van der Waals surface area contributed by atoms with Crippen LogP contribution in [0.2, 0.25) is 0 Å². The van der Waals surface area contributed by atoms with Gasteiger partial charge in [0.2, 0.25) is 10.0 Å². The summed E-state index contributed by atoms with van der Waals surface area (Å²) in [4.78, 5) is 0. The van der Waals surface area contributed by atoms with Crippen molar-refractivity contribution in [3.05, 3.63) is 0 Å². The highest BCUT2D eigenvalue weighted by atomic mass is 32.2. The molecule has 1 unspecified atom stereocenters. The molecule has 0 amide bonds. The molecule has 0 aliphatic heterocycles. The van der Waals surface area contributed by atoms with Gasteiger partial charge >= 0.3 is 0 Å². The van der Waals surface area contributed by atoms with Gasteiger partial charge < -0.3 is 9.47 Å². The number of sulfonamides is 1. The van der Waals surface area contributed by atoms with E-state index >= 15 is 0 Å². The van der Waals surface area contributed by atoms with Crippen LogP contribution in [-0.2, 0) is 19.5 Å². The summed E-state index contributed by atoms with van der Waals surface area (Å²) in [5, 5.41) is 7.33. The van der Waals surface area contributed by atoms with Crippen LogP contribution in [0.15, 0.2) is 0 Å². The van der Waals surface area contributed by atoms with Crippen LogP contribution in [0.3, 0.4) is 0 Å². The van der Waals surface area contributed by atoms with Gasteiger partial charge in [0.1, 0.15) is 0 Å². The lowest BCUT2D eigenvalue weighted by Gasteiger charge is -2.14. The Bertz CT molecular complexity index is 291. The van der Waals surface area contributed by atoms with Crippen molar-refractivity contribution in [1.82, 2.24) is 4.72 Å². The number of hydrogen-bond donors (Lipinski definition) is 1. The molecular weight excluding hydrogens is 208 g/mol. The summed E-state index contributed by atoms with van der Waals surface area (Å²) < 4.78 is 34.3. The molecule has 0 bridgehead atoms. The van der Waals surface area contributed by atoms with Crippen molar-refractivity contribution in [2.24, 2.45) is 0 Å². The third-order valence-electron chi connectivity index (χ3n) is 1.62. The van der Waals surface area contributed by atoms with Gasteiger partial charge in [-0.1, -0.05) is 0 Å². The first-order chi connectivity index (χ1) is 6.47. The second kappa shape index (κ2) is 5.93. The molecule has 0 spiro atoms. The van der Waals surface area contributed by atoms with Crippen LogP contribution in [0.25, 0.3) is 0 Å². The second-order valence-corrected chi connectivity index (χ2v) is 4.65. The molecule has 0 aromatic carbocycles.